The molecule has 3 aromatic heterocycles. The lowest BCUT2D eigenvalue weighted by molar-refractivity contribution is 0.664. The Hall–Kier alpha value is -3.05. The Kier molecular flexibility index (Phi) is 3.36. The zero-order chi connectivity index (χ0) is 17.7. The highest BCUT2D eigenvalue weighted by Gasteiger charge is 2.12. The average Bonchev–Trinajstić information content (AvgIpc) is 3.23. The van der Waals surface area contributed by atoms with Crippen molar-refractivity contribution in [1.29, 1.82) is 0 Å². The molecule has 0 radical (unpaired) electrons. The standard InChI is InChI=1S/C20H15ClN4O/c21-13-5-6-17-15(9-13)18-19(24-17)20(26)25(11-23-18)8-7-12-10-22-16-4-2-1-3-14(12)16/h1-6,9-11,22,24H,7-8H2. The molecule has 0 aliphatic heterocycles. The second kappa shape index (κ2) is 5.75. The molecule has 0 amide bonds. The molecule has 128 valence electrons. The minimum Gasteiger partial charge on any atom is -0.361 e. The molecule has 0 aliphatic carbocycles. The maximum atomic E-state index is 12.9. The Labute approximate surface area is 153 Å². The highest BCUT2D eigenvalue weighted by molar-refractivity contribution is 6.31. The maximum Gasteiger partial charge on any atom is 0.277 e. The van der Waals surface area contributed by atoms with Crippen LogP contribution >= 0.6 is 11.6 Å². The van der Waals surface area contributed by atoms with Gasteiger partial charge in [-0.15, -0.1) is 0 Å². The molecule has 0 fully saturated rings. The minimum atomic E-state index is -0.0674. The van der Waals surface area contributed by atoms with E-state index in [0.29, 0.717) is 22.6 Å². The van der Waals surface area contributed by atoms with Crippen molar-refractivity contribution in [3.63, 3.8) is 0 Å². The van der Waals surface area contributed by atoms with Crippen LogP contribution in [-0.2, 0) is 13.0 Å². The van der Waals surface area contributed by atoms with Crippen LogP contribution in [0.4, 0.5) is 0 Å². The van der Waals surface area contributed by atoms with Gasteiger partial charge in [-0.2, -0.15) is 0 Å². The van der Waals surface area contributed by atoms with Gasteiger partial charge < -0.3 is 9.97 Å². The van der Waals surface area contributed by atoms with Gasteiger partial charge in [0.1, 0.15) is 11.0 Å². The van der Waals surface area contributed by atoms with Crippen LogP contribution in [0.25, 0.3) is 32.8 Å². The summed E-state index contributed by atoms with van der Waals surface area (Å²) in [6, 6.07) is 13.7. The molecule has 5 aromatic rings. The van der Waals surface area contributed by atoms with E-state index in [4.69, 9.17) is 11.6 Å². The summed E-state index contributed by atoms with van der Waals surface area (Å²) in [5.41, 5.74) is 4.28. The fourth-order valence-corrected chi connectivity index (χ4v) is 3.67. The SMILES string of the molecule is O=c1c2[nH]c3ccc(Cl)cc3c2ncn1CCc1c[nH]c2ccccc12. The summed E-state index contributed by atoms with van der Waals surface area (Å²) >= 11 is 6.07. The van der Waals surface area contributed by atoms with Gasteiger partial charge in [0.2, 0.25) is 0 Å². The van der Waals surface area contributed by atoms with Crippen molar-refractivity contribution in [2.45, 2.75) is 13.0 Å². The van der Waals surface area contributed by atoms with Gasteiger partial charge in [0.15, 0.2) is 0 Å². The van der Waals surface area contributed by atoms with E-state index in [1.807, 2.05) is 36.5 Å². The summed E-state index contributed by atoms with van der Waals surface area (Å²) in [5.74, 6) is 0. The quantitative estimate of drug-likeness (QED) is 0.503. The first-order chi connectivity index (χ1) is 12.7. The number of aromatic amines is 2. The maximum absolute atomic E-state index is 12.9. The molecular formula is C20H15ClN4O. The lowest BCUT2D eigenvalue weighted by atomic mass is 10.1. The number of para-hydroxylation sites is 1. The van der Waals surface area contributed by atoms with E-state index < -0.39 is 0 Å². The second-order valence-corrected chi connectivity index (χ2v) is 6.83. The summed E-state index contributed by atoms with van der Waals surface area (Å²) in [6.07, 6.45) is 4.38. The van der Waals surface area contributed by atoms with Gasteiger partial charge in [-0.25, -0.2) is 4.98 Å². The molecule has 0 saturated heterocycles. The fraction of sp³-hybridized carbons (Fsp3) is 0.100. The van der Waals surface area contributed by atoms with E-state index in [-0.39, 0.29) is 5.56 Å². The van der Waals surface area contributed by atoms with E-state index in [2.05, 4.69) is 21.0 Å². The van der Waals surface area contributed by atoms with Crippen molar-refractivity contribution >= 4 is 44.4 Å². The predicted molar refractivity (Wildman–Crippen MR) is 105 cm³/mol. The van der Waals surface area contributed by atoms with Crippen LogP contribution < -0.4 is 5.56 Å². The van der Waals surface area contributed by atoms with Crippen LogP contribution in [0.3, 0.4) is 0 Å². The first kappa shape index (κ1) is 15.2. The number of nitrogens with one attached hydrogen (secondary N) is 2. The number of rotatable bonds is 3. The molecule has 5 rings (SSSR count). The molecule has 0 saturated carbocycles. The highest BCUT2D eigenvalue weighted by atomic mass is 35.5. The van der Waals surface area contributed by atoms with E-state index >= 15 is 0 Å². The summed E-state index contributed by atoms with van der Waals surface area (Å²) in [4.78, 5) is 23.8. The number of fused-ring (bicyclic) bond motifs is 4. The molecule has 0 aliphatic rings. The Balaban J connectivity index is 1.54. The Morgan fingerprint density at radius 2 is 1.96 bits per heavy atom. The van der Waals surface area contributed by atoms with E-state index in [0.717, 1.165) is 22.8 Å². The number of benzene rings is 2. The molecule has 5 nitrogen and oxygen atoms in total. The Morgan fingerprint density at radius 3 is 2.88 bits per heavy atom. The Morgan fingerprint density at radius 1 is 1.08 bits per heavy atom. The molecule has 0 spiro atoms. The largest absolute Gasteiger partial charge is 0.361 e. The van der Waals surface area contributed by atoms with Crippen molar-refractivity contribution in [3.05, 3.63) is 75.9 Å². The van der Waals surface area contributed by atoms with Crippen LogP contribution in [0.5, 0.6) is 0 Å². The first-order valence-electron chi connectivity index (χ1n) is 8.42. The number of nitrogens with zero attached hydrogens (tertiary/aromatic N) is 2. The smallest absolute Gasteiger partial charge is 0.277 e. The molecule has 0 atom stereocenters. The van der Waals surface area contributed by atoms with Gasteiger partial charge >= 0.3 is 0 Å². The van der Waals surface area contributed by atoms with Crippen molar-refractivity contribution in [1.82, 2.24) is 19.5 Å². The first-order valence-corrected chi connectivity index (χ1v) is 8.80. The van der Waals surface area contributed by atoms with Crippen molar-refractivity contribution in [3.8, 4) is 0 Å². The Bertz CT molecular complexity index is 1330. The average molecular weight is 363 g/mol. The number of hydrogen-bond donors (Lipinski definition) is 2. The zero-order valence-corrected chi connectivity index (χ0v) is 14.5. The normalized spacial score (nSPS) is 11.7. The number of aromatic nitrogens is 4. The van der Waals surface area contributed by atoms with Gasteiger partial charge in [0.25, 0.3) is 5.56 Å². The van der Waals surface area contributed by atoms with E-state index in [1.54, 1.807) is 17.0 Å². The van der Waals surface area contributed by atoms with Gasteiger partial charge in [0.05, 0.1) is 6.33 Å². The molecule has 6 heteroatoms. The molecule has 0 unspecified atom stereocenters. The number of halogens is 1. The molecule has 0 bridgehead atoms. The van der Waals surface area contributed by atoms with E-state index in [9.17, 15) is 4.79 Å². The second-order valence-electron chi connectivity index (χ2n) is 6.39. The minimum absolute atomic E-state index is 0.0674. The van der Waals surface area contributed by atoms with Crippen molar-refractivity contribution in [2.75, 3.05) is 0 Å². The highest BCUT2D eigenvalue weighted by Crippen LogP contribution is 2.24. The van der Waals surface area contributed by atoms with Gasteiger partial charge in [0, 0.05) is 39.6 Å². The summed E-state index contributed by atoms with van der Waals surface area (Å²) in [7, 11) is 0. The lowest BCUT2D eigenvalue weighted by Gasteiger charge is -2.04. The monoisotopic (exact) mass is 362 g/mol. The van der Waals surface area contributed by atoms with Gasteiger partial charge in [-0.1, -0.05) is 29.8 Å². The molecule has 2 aromatic carbocycles. The van der Waals surface area contributed by atoms with Crippen LogP contribution in [-0.4, -0.2) is 19.5 Å². The van der Waals surface area contributed by atoms with Crippen LogP contribution in [0.2, 0.25) is 5.02 Å². The molecule has 2 N–H and O–H groups in total. The number of aryl methyl sites for hydroxylation is 2. The van der Waals surface area contributed by atoms with E-state index in [1.165, 1.54) is 10.9 Å². The van der Waals surface area contributed by atoms with Crippen LogP contribution in [0.15, 0.2) is 59.8 Å². The molecular weight excluding hydrogens is 348 g/mol. The topological polar surface area (TPSA) is 66.5 Å². The van der Waals surface area contributed by atoms with Crippen molar-refractivity contribution in [2.24, 2.45) is 0 Å². The summed E-state index contributed by atoms with van der Waals surface area (Å²) < 4.78 is 1.65. The summed E-state index contributed by atoms with van der Waals surface area (Å²) in [5, 5.41) is 2.69. The van der Waals surface area contributed by atoms with Crippen LogP contribution in [0.1, 0.15) is 5.56 Å². The van der Waals surface area contributed by atoms with Gasteiger partial charge in [-0.3, -0.25) is 9.36 Å². The predicted octanol–water partition coefficient (Wildman–Crippen LogP) is 4.26. The fourth-order valence-electron chi connectivity index (χ4n) is 3.50. The molecule has 26 heavy (non-hydrogen) atoms. The van der Waals surface area contributed by atoms with Crippen LogP contribution in [0, 0.1) is 0 Å². The third-order valence-corrected chi connectivity index (χ3v) is 5.07. The third-order valence-electron chi connectivity index (χ3n) is 4.83. The lowest BCUT2D eigenvalue weighted by Crippen LogP contribution is -2.21. The molecule has 3 heterocycles. The zero-order valence-electron chi connectivity index (χ0n) is 13.8. The number of hydrogen-bond acceptors (Lipinski definition) is 2. The van der Waals surface area contributed by atoms with Crippen molar-refractivity contribution < 1.29 is 0 Å². The summed E-state index contributed by atoms with van der Waals surface area (Å²) in [6.45, 7) is 0.569. The van der Waals surface area contributed by atoms with Gasteiger partial charge in [-0.05, 0) is 36.2 Å². The third kappa shape index (κ3) is 2.32. The number of H-pyrrole nitrogens is 2.